The van der Waals surface area contributed by atoms with E-state index in [1.807, 2.05) is 4.90 Å². The van der Waals surface area contributed by atoms with Gasteiger partial charge in [0.25, 0.3) is 0 Å². The molecule has 6 nitrogen and oxygen atoms in total. The van der Waals surface area contributed by atoms with Gasteiger partial charge < -0.3 is 15.4 Å². The summed E-state index contributed by atoms with van der Waals surface area (Å²) in [6.07, 6.45) is 0. The molecule has 1 aliphatic heterocycles. The number of benzene rings is 1. The third kappa shape index (κ3) is 5.34. The van der Waals surface area contributed by atoms with E-state index in [4.69, 9.17) is 16.3 Å². The summed E-state index contributed by atoms with van der Waals surface area (Å²) < 4.78 is 5.24. The van der Waals surface area contributed by atoms with Gasteiger partial charge in [-0.15, -0.1) is 11.6 Å². The van der Waals surface area contributed by atoms with Crippen molar-refractivity contribution in [2.24, 2.45) is 0 Å². The van der Waals surface area contributed by atoms with Crippen LogP contribution in [-0.2, 0) is 14.3 Å². The first kappa shape index (κ1) is 15.8. The van der Waals surface area contributed by atoms with E-state index in [0.29, 0.717) is 31.1 Å². The number of alkyl halides is 1. The molecule has 2 rings (SSSR count). The second-order valence-electron chi connectivity index (χ2n) is 4.70. The van der Waals surface area contributed by atoms with Gasteiger partial charge in [0.05, 0.1) is 19.8 Å². The van der Waals surface area contributed by atoms with Gasteiger partial charge in [-0.2, -0.15) is 0 Å². The first-order chi connectivity index (χ1) is 10.2. The maximum absolute atomic E-state index is 11.9. The van der Waals surface area contributed by atoms with Crippen LogP contribution in [0.3, 0.4) is 0 Å². The molecule has 1 aromatic rings. The molecule has 7 heteroatoms. The van der Waals surface area contributed by atoms with Crippen molar-refractivity contribution in [1.29, 1.82) is 0 Å². The molecule has 0 spiro atoms. The zero-order valence-electron chi connectivity index (χ0n) is 11.6. The smallest absolute Gasteiger partial charge is 0.239 e. The zero-order chi connectivity index (χ0) is 15.1. The van der Waals surface area contributed by atoms with Crippen molar-refractivity contribution in [2.75, 3.05) is 49.4 Å². The van der Waals surface area contributed by atoms with Crippen molar-refractivity contribution in [1.82, 2.24) is 4.90 Å². The predicted octanol–water partition coefficient (Wildman–Crippen LogP) is 1.13. The lowest BCUT2D eigenvalue weighted by atomic mass is 10.2. The highest BCUT2D eigenvalue weighted by Crippen LogP contribution is 2.13. The summed E-state index contributed by atoms with van der Waals surface area (Å²) in [4.78, 5) is 25.1. The van der Waals surface area contributed by atoms with Crippen molar-refractivity contribution in [3.8, 4) is 0 Å². The summed E-state index contributed by atoms with van der Waals surface area (Å²) >= 11 is 5.41. The summed E-state index contributed by atoms with van der Waals surface area (Å²) in [5, 5.41) is 5.46. The molecule has 0 aromatic heterocycles. The van der Waals surface area contributed by atoms with Crippen LogP contribution in [0.1, 0.15) is 0 Å². The fourth-order valence-electron chi connectivity index (χ4n) is 1.99. The maximum atomic E-state index is 11.9. The predicted molar refractivity (Wildman–Crippen MR) is 81.7 cm³/mol. The highest BCUT2D eigenvalue weighted by molar-refractivity contribution is 6.29. The Kier molecular flexibility index (Phi) is 5.98. The van der Waals surface area contributed by atoms with Gasteiger partial charge in [0.2, 0.25) is 11.8 Å². The number of hydrogen-bond acceptors (Lipinski definition) is 4. The van der Waals surface area contributed by atoms with Crippen LogP contribution in [0.4, 0.5) is 11.4 Å². The minimum Gasteiger partial charge on any atom is -0.379 e. The molecule has 1 saturated heterocycles. The van der Waals surface area contributed by atoms with E-state index in [0.717, 1.165) is 13.1 Å². The van der Waals surface area contributed by atoms with Crippen LogP contribution in [-0.4, -0.2) is 55.4 Å². The highest BCUT2D eigenvalue weighted by Gasteiger charge is 2.14. The minimum atomic E-state index is -0.263. The van der Waals surface area contributed by atoms with Gasteiger partial charge in [0.15, 0.2) is 0 Å². The number of rotatable bonds is 5. The highest BCUT2D eigenvalue weighted by atomic mass is 35.5. The van der Waals surface area contributed by atoms with Crippen molar-refractivity contribution < 1.29 is 14.3 Å². The lowest BCUT2D eigenvalue weighted by molar-refractivity contribution is -0.118. The van der Waals surface area contributed by atoms with Gasteiger partial charge in [-0.1, -0.05) is 0 Å². The first-order valence-corrected chi connectivity index (χ1v) is 7.26. The molecule has 1 aliphatic rings. The van der Waals surface area contributed by atoms with Crippen LogP contribution in [0.5, 0.6) is 0 Å². The molecule has 1 heterocycles. The topological polar surface area (TPSA) is 70.7 Å². The van der Waals surface area contributed by atoms with E-state index in [9.17, 15) is 9.59 Å². The van der Waals surface area contributed by atoms with E-state index in [2.05, 4.69) is 10.6 Å². The van der Waals surface area contributed by atoms with Crippen LogP contribution in [0.25, 0.3) is 0 Å². The molecule has 0 atom stereocenters. The number of hydrogen-bond donors (Lipinski definition) is 2. The third-order valence-electron chi connectivity index (χ3n) is 3.04. The molecule has 0 unspecified atom stereocenters. The second-order valence-corrected chi connectivity index (χ2v) is 4.96. The lowest BCUT2D eigenvalue weighted by Crippen LogP contribution is -2.41. The van der Waals surface area contributed by atoms with Gasteiger partial charge in [-0.05, 0) is 24.3 Å². The lowest BCUT2D eigenvalue weighted by Gasteiger charge is -2.25. The Morgan fingerprint density at radius 1 is 1.05 bits per heavy atom. The van der Waals surface area contributed by atoms with Crippen molar-refractivity contribution in [3.63, 3.8) is 0 Å². The molecule has 21 heavy (non-hydrogen) atoms. The maximum Gasteiger partial charge on any atom is 0.239 e. The molecule has 0 saturated carbocycles. The monoisotopic (exact) mass is 311 g/mol. The van der Waals surface area contributed by atoms with Gasteiger partial charge in [-0.25, -0.2) is 0 Å². The number of nitrogens with zero attached hydrogens (tertiary/aromatic N) is 1. The summed E-state index contributed by atoms with van der Waals surface area (Å²) in [6, 6.07) is 6.91. The zero-order valence-corrected chi connectivity index (χ0v) is 12.4. The van der Waals surface area contributed by atoms with E-state index in [-0.39, 0.29) is 17.7 Å². The normalized spacial score (nSPS) is 15.5. The average molecular weight is 312 g/mol. The van der Waals surface area contributed by atoms with E-state index in [1.165, 1.54) is 0 Å². The summed E-state index contributed by atoms with van der Waals surface area (Å²) in [6.45, 7) is 3.24. The third-order valence-corrected chi connectivity index (χ3v) is 3.29. The Bertz CT molecular complexity index is 487. The standard InChI is InChI=1S/C14H18ClN3O3/c15-9-13(19)16-11-1-3-12(4-2-11)17-14(20)10-18-5-7-21-8-6-18/h1-4H,5-10H2,(H,16,19)(H,17,20). The molecular formula is C14H18ClN3O3. The van der Waals surface area contributed by atoms with Crippen molar-refractivity contribution in [2.45, 2.75) is 0 Å². The van der Waals surface area contributed by atoms with E-state index < -0.39 is 0 Å². The molecule has 1 fully saturated rings. The van der Waals surface area contributed by atoms with Crippen molar-refractivity contribution >= 4 is 34.8 Å². The molecule has 0 aliphatic carbocycles. The Balaban J connectivity index is 1.81. The van der Waals surface area contributed by atoms with Gasteiger partial charge in [-0.3, -0.25) is 14.5 Å². The molecule has 2 N–H and O–H groups in total. The van der Waals surface area contributed by atoms with Gasteiger partial charge in [0, 0.05) is 24.5 Å². The van der Waals surface area contributed by atoms with Crippen molar-refractivity contribution in [3.05, 3.63) is 24.3 Å². The summed E-state index contributed by atoms with van der Waals surface area (Å²) in [5.41, 5.74) is 1.34. The van der Waals surface area contributed by atoms with Gasteiger partial charge in [0.1, 0.15) is 5.88 Å². The van der Waals surface area contributed by atoms with Crippen LogP contribution in [0, 0.1) is 0 Å². The van der Waals surface area contributed by atoms with Crippen LogP contribution in [0.2, 0.25) is 0 Å². The number of carbonyl (C=O) groups is 2. The number of carbonyl (C=O) groups excluding carboxylic acids is 2. The number of halogens is 1. The second kappa shape index (κ2) is 7.97. The number of morpholine rings is 1. The van der Waals surface area contributed by atoms with E-state index >= 15 is 0 Å². The number of amides is 2. The van der Waals surface area contributed by atoms with Crippen LogP contribution >= 0.6 is 11.6 Å². The van der Waals surface area contributed by atoms with Crippen LogP contribution < -0.4 is 10.6 Å². The largest absolute Gasteiger partial charge is 0.379 e. The Labute approximate surface area is 128 Å². The number of nitrogens with one attached hydrogen (secondary N) is 2. The number of anilines is 2. The minimum absolute atomic E-state index is 0.0607. The quantitative estimate of drug-likeness (QED) is 0.800. The molecule has 2 amide bonds. The molecule has 0 radical (unpaired) electrons. The fraction of sp³-hybridized carbons (Fsp3) is 0.429. The number of ether oxygens (including phenoxy) is 1. The Morgan fingerprint density at radius 3 is 2.10 bits per heavy atom. The summed E-state index contributed by atoms with van der Waals surface area (Å²) in [7, 11) is 0. The average Bonchev–Trinajstić information content (AvgIpc) is 2.50. The Hall–Kier alpha value is -1.63. The molecule has 114 valence electrons. The summed E-state index contributed by atoms with van der Waals surface area (Å²) in [5.74, 6) is -0.409. The Morgan fingerprint density at radius 2 is 1.57 bits per heavy atom. The van der Waals surface area contributed by atoms with Crippen LogP contribution in [0.15, 0.2) is 24.3 Å². The van der Waals surface area contributed by atoms with Gasteiger partial charge >= 0.3 is 0 Å². The fourth-order valence-corrected chi connectivity index (χ4v) is 2.06. The SMILES string of the molecule is O=C(CCl)Nc1ccc(NC(=O)CN2CCOCC2)cc1. The molecule has 0 bridgehead atoms. The first-order valence-electron chi connectivity index (χ1n) is 6.73. The molecule has 1 aromatic carbocycles. The molecular weight excluding hydrogens is 294 g/mol. The van der Waals surface area contributed by atoms with E-state index in [1.54, 1.807) is 24.3 Å².